The molecule has 1 aliphatic rings. The van der Waals surface area contributed by atoms with Crippen molar-refractivity contribution in [1.29, 1.82) is 0 Å². The second kappa shape index (κ2) is 8.02. The van der Waals surface area contributed by atoms with E-state index in [1.807, 2.05) is 45.0 Å². The number of hydrogen-bond donors (Lipinski definition) is 1. The van der Waals surface area contributed by atoms with Crippen LogP contribution in [0.15, 0.2) is 24.3 Å². The zero-order chi connectivity index (χ0) is 16.9. The van der Waals surface area contributed by atoms with E-state index in [2.05, 4.69) is 5.32 Å². The Labute approximate surface area is 143 Å². The summed E-state index contributed by atoms with van der Waals surface area (Å²) < 4.78 is 11.4. The summed E-state index contributed by atoms with van der Waals surface area (Å²) in [7, 11) is 0. The topological polar surface area (TPSA) is 47.6 Å². The van der Waals surface area contributed by atoms with E-state index < -0.39 is 5.60 Å². The lowest BCUT2D eigenvalue weighted by Crippen LogP contribution is -2.47. The minimum atomic E-state index is -0.490. The molecule has 1 N–H and O–H groups in total. The Morgan fingerprint density at radius 1 is 1.30 bits per heavy atom. The van der Waals surface area contributed by atoms with Crippen molar-refractivity contribution < 1.29 is 14.3 Å². The minimum Gasteiger partial charge on any atom is -0.444 e. The molecule has 0 aromatic heterocycles. The van der Waals surface area contributed by atoms with Crippen molar-refractivity contribution in [3.05, 3.63) is 34.9 Å². The molecule has 2 rings (SSSR count). The molecule has 0 saturated heterocycles. The quantitative estimate of drug-likeness (QED) is 0.865. The van der Waals surface area contributed by atoms with E-state index in [0.29, 0.717) is 11.6 Å². The molecule has 1 amide bonds. The Balaban J connectivity index is 1.89. The highest BCUT2D eigenvalue weighted by Crippen LogP contribution is 2.23. The van der Waals surface area contributed by atoms with Crippen LogP contribution in [0.25, 0.3) is 0 Å². The van der Waals surface area contributed by atoms with Gasteiger partial charge in [-0.2, -0.15) is 0 Å². The number of amides is 1. The lowest BCUT2D eigenvalue weighted by molar-refractivity contribution is -0.0113. The Hall–Kier alpha value is -1.26. The maximum Gasteiger partial charge on any atom is 0.407 e. The van der Waals surface area contributed by atoms with Gasteiger partial charge in [0.25, 0.3) is 0 Å². The molecule has 0 unspecified atom stereocenters. The molecule has 0 radical (unpaired) electrons. The Kier molecular flexibility index (Phi) is 6.31. The van der Waals surface area contributed by atoms with Crippen LogP contribution in [-0.2, 0) is 16.1 Å². The lowest BCUT2D eigenvalue weighted by Gasteiger charge is -2.32. The van der Waals surface area contributed by atoms with Gasteiger partial charge >= 0.3 is 6.09 Å². The molecule has 1 aromatic rings. The number of halogens is 1. The second-order valence-electron chi connectivity index (χ2n) is 7.02. The highest BCUT2D eigenvalue weighted by Gasteiger charge is 2.29. The zero-order valence-electron chi connectivity index (χ0n) is 14.1. The van der Waals surface area contributed by atoms with Gasteiger partial charge in [-0.25, -0.2) is 4.79 Å². The standard InChI is InChI=1S/C18H26ClNO3/c1-18(2,3)23-17(21)20-15-9-4-5-10-16(15)22-12-13-7-6-8-14(19)11-13/h6-8,11,15-16H,4-5,9-10,12H2,1-3H3,(H,20,21)/t15-,16-/m0/s1. The van der Waals surface area contributed by atoms with E-state index in [1.165, 1.54) is 0 Å². The van der Waals surface area contributed by atoms with E-state index in [0.717, 1.165) is 31.2 Å². The SMILES string of the molecule is CC(C)(C)OC(=O)N[C@H]1CCCC[C@@H]1OCc1cccc(Cl)c1. The third-order valence-electron chi connectivity index (χ3n) is 3.76. The molecule has 0 spiro atoms. The molecule has 0 aliphatic heterocycles. The van der Waals surface area contributed by atoms with Crippen molar-refractivity contribution in [1.82, 2.24) is 5.32 Å². The fourth-order valence-electron chi connectivity index (χ4n) is 2.75. The van der Waals surface area contributed by atoms with Crippen LogP contribution in [-0.4, -0.2) is 23.8 Å². The fourth-order valence-corrected chi connectivity index (χ4v) is 2.96. The lowest BCUT2D eigenvalue weighted by atomic mass is 9.92. The molecule has 1 aromatic carbocycles. The minimum absolute atomic E-state index is 0.00205. The molecule has 1 fully saturated rings. The average molecular weight is 340 g/mol. The smallest absolute Gasteiger partial charge is 0.407 e. The van der Waals surface area contributed by atoms with Crippen LogP contribution in [0.3, 0.4) is 0 Å². The van der Waals surface area contributed by atoms with Crippen LogP contribution in [0, 0.1) is 0 Å². The summed E-state index contributed by atoms with van der Waals surface area (Å²) in [5, 5.41) is 3.67. The van der Waals surface area contributed by atoms with Crippen LogP contribution in [0.4, 0.5) is 4.79 Å². The largest absolute Gasteiger partial charge is 0.444 e. The van der Waals surface area contributed by atoms with Crippen molar-refractivity contribution in [2.75, 3.05) is 0 Å². The van der Waals surface area contributed by atoms with Crippen LogP contribution in [0.5, 0.6) is 0 Å². The second-order valence-corrected chi connectivity index (χ2v) is 7.45. The zero-order valence-corrected chi connectivity index (χ0v) is 14.9. The van der Waals surface area contributed by atoms with Gasteiger partial charge in [-0.1, -0.05) is 36.6 Å². The Bertz CT molecular complexity index is 527. The van der Waals surface area contributed by atoms with Gasteiger partial charge in [0, 0.05) is 5.02 Å². The molecule has 128 valence electrons. The summed E-state index contributed by atoms with van der Waals surface area (Å²) in [5.74, 6) is 0. The molecular formula is C18H26ClNO3. The molecule has 5 heteroatoms. The van der Waals surface area contributed by atoms with Crippen LogP contribution in [0.2, 0.25) is 5.02 Å². The fraction of sp³-hybridized carbons (Fsp3) is 0.611. The number of ether oxygens (including phenoxy) is 2. The van der Waals surface area contributed by atoms with Crippen LogP contribution < -0.4 is 5.32 Å². The summed E-state index contributed by atoms with van der Waals surface area (Å²) in [6.07, 6.45) is 3.71. The Morgan fingerprint density at radius 3 is 2.74 bits per heavy atom. The van der Waals surface area contributed by atoms with Crippen molar-refractivity contribution in [2.45, 2.75) is 70.8 Å². The summed E-state index contributed by atoms with van der Waals surface area (Å²) in [6.45, 7) is 6.08. The van der Waals surface area contributed by atoms with Gasteiger partial charge in [0.1, 0.15) is 5.60 Å². The number of carbonyl (C=O) groups excluding carboxylic acids is 1. The number of benzene rings is 1. The highest BCUT2D eigenvalue weighted by molar-refractivity contribution is 6.30. The van der Waals surface area contributed by atoms with E-state index in [-0.39, 0.29) is 18.2 Å². The number of nitrogens with one attached hydrogen (secondary N) is 1. The molecule has 1 aliphatic carbocycles. The predicted octanol–water partition coefficient (Wildman–Crippen LogP) is 4.69. The van der Waals surface area contributed by atoms with Crippen LogP contribution >= 0.6 is 11.6 Å². The number of carbonyl (C=O) groups is 1. The molecule has 2 atom stereocenters. The molecule has 4 nitrogen and oxygen atoms in total. The molecule has 0 heterocycles. The van der Waals surface area contributed by atoms with Gasteiger partial charge < -0.3 is 14.8 Å². The van der Waals surface area contributed by atoms with Gasteiger partial charge in [0.2, 0.25) is 0 Å². The van der Waals surface area contributed by atoms with E-state index in [9.17, 15) is 4.79 Å². The third-order valence-corrected chi connectivity index (χ3v) is 3.99. The first-order valence-electron chi connectivity index (χ1n) is 8.19. The maximum absolute atomic E-state index is 12.0. The number of hydrogen-bond acceptors (Lipinski definition) is 3. The van der Waals surface area contributed by atoms with Crippen molar-refractivity contribution in [2.24, 2.45) is 0 Å². The van der Waals surface area contributed by atoms with Gasteiger partial charge in [0.15, 0.2) is 0 Å². The molecule has 1 saturated carbocycles. The first-order chi connectivity index (χ1) is 10.8. The van der Waals surface area contributed by atoms with Gasteiger partial charge in [-0.05, 0) is 51.3 Å². The van der Waals surface area contributed by atoms with Crippen molar-refractivity contribution >= 4 is 17.7 Å². The molecule has 0 bridgehead atoms. The van der Waals surface area contributed by atoms with Crippen LogP contribution in [0.1, 0.15) is 52.0 Å². The molecule has 23 heavy (non-hydrogen) atoms. The third kappa shape index (κ3) is 6.40. The summed E-state index contributed by atoms with van der Waals surface area (Å²) >= 11 is 6.00. The average Bonchev–Trinajstić information content (AvgIpc) is 2.44. The molecular weight excluding hydrogens is 314 g/mol. The summed E-state index contributed by atoms with van der Waals surface area (Å²) in [4.78, 5) is 12.0. The summed E-state index contributed by atoms with van der Waals surface area (Å²) in [6, 6.07) is 7.65. The van der Waals surface area contributed by atoms with Crippen molar-refractivity contribution in [3.8, 4) is 0 Å². The predicted molar refractivity (Wildman–Crippen MR) is 91.7 cm³/mol. The monoisotopic (exact) mass is 339 g/mol. The first-order valence-corrected chi connectivity index (χ1v) is 8.57. The highest BCUT2D eigenvalue weighted by atomic mass is 35.5. The van der Waals surface area contributed by atoms with E-state index in [1.54, 1.807) is 0 Å². The first kappa shape index (κ1) is 18.1. The van der Waals surface area contributed by atoms with E-state index in [4.69, 9.17) is 21.1 Å². The van der Waals surface area contributed by atoms with E-state index >= 15 is 0 Å². The number of rotatable bonds is 4. The Morgan fingerprint density at radius 2 is 2.04 bits per heavy atom. The maximum atomic E-state index is 12.0. The number of alkyl carbamates (subject to hydrolysis) is 1. The van der Waals surface area contributed by atoms with Gasteiger partial charge in [-0.15, -0.1) is 0 Å². The normalized spacial score (nSPS) is 21.7. The summed E-state index contributed by atoms with van der Waals surface area (Å²) in [5.41, 5.74) is 0.551. The van der Waals surface area contributed by atoms with Gasteiger partial charge in [-0.3, -0.25) is 0 Å². The van der Waals surface area contributed by atoms with Crippen molar-refractivity contribution in [3.63, 3.8) is 0 Å². The van der Waals surface area contributed by atoms with Gasteiger partial charge in [0.05, 0.1) is 18.8 Å².